The summed E-state index contributed by atoms with van der Waals surface area (Å²) >= 11 is 3.63. The first-order chi connectivity index (χ1) is 11.2. The second-order valence-electron chi connectivity index (χ2n) is 5.24. The molecule has 0 radical (unpaired) electrons. The number of anilines is 1. The Morgan fingerprint density at radius 1 is 1.13 bits per heavy atom. The van der Waals surface area contributed by atoms with E-state index in [1.165, 1.54) is 0 Å². The van der Waals surface area contributed by atoms with Gasteiger partial charge in [0.15, 0.2) is 5.58 Å². The molecule has 0 aliphatic heterocycles. The van der Waals surface area contributed by atoms with Gasteiger partial charge in [0.05, 0.1) is 17.1 Å². The Hall–Kier alpha value is -2.53. The van der Waals surface area contributed by atoms with Gasteiger partial charge < -0.3 is 14.9 Å². The summed E-state index contributed by atoms with van der Waals surface area (Å²) in [7, 11) is 1.64. The molecule has 23 heavy (non-hydrogen) atoms. The summed E-state index contributed by atoms with van der Waals surface area (Å²) < 4.78 is 12.4. The number of rotatable bonds is 2. The zero-order chi connectivity index (χ0) is 16.0. The van der Waals surface area contributed by atoms with Crippen molar-refractivity contribution in [3.05, 3.63) is 53.0 Å². The lowest BCUT2D eigenvalue weighted by Crippen LogP contribution is -1.91. The highest BCUT2D eigenvalue weighted by Gasteiger charge is 2.18. The van der Waals surface area contributed by atoms with Crippen LogP contribution in [0.4, 0.5) is 5.69 Å². The van der Waals surface area contributed by atoms with E-state index >= 15 is 0 Å². The van der Waals surface area contributed by atoms with Crippen molar-refractivity contribution < 1.29 is 9.15 Å². The third kappa shape index (κ3) is 2.24. The number of aromatic nitrogens is 1. The van der Waals surface area contributed by atoms with Gasteiger partial charge in [-0.2, -0.15) is 0 Å². The normalized spacial score (nSPS) is 11.2. The minimum absolute atomic E-state index is 0.508. The first-order valence-electron chi connectivity index (χ1n) is 7.09. The number of nitrogens with zero attached hydrogens (tertiary/aromatic N) is 1. The van der Waals surface area contributed by atoms with Gasteiger partial charge in [-0.05, 0) is 51.0 Å². The number of oxazole rings is 1. The molecule has 0 aliphatic rings. The summed E-state index contributed by atoms with van der Waals surface area (Å²) in [6, 6.07) is 15.5. The molecule has 5 heteroatoms. The zero-order valence-corrected chi connectivity index (χ0v) is 13.9. The fourth-order valence-electron chi connectivity index (χ4n) is 2.70. The van der Waals surface area contributed by atoms with E-state index in [0.717, 1.165) is 26.3 Å². The van der Waals surface area contributed by atoms with Gasteiger partial charge >= 0.3 is 0 Å². The highest BCUT2D eigenvalue weighted by molar-refractivity contribution is 9.10. The summed E-state index contributed by atoms with van der Waals surface area (Å²) in [5.74, 6) is 1.21. The molecular weight excluding hydrogens is 356 g/mol. The van der Waals surface area contributed by atoms with Crippen LogP contribution in [0.1, 0.15) is 0 Å². The maximum Gasteiger partial charge on any atom is 0.231 e. The molecule has 0 fully saturated rings. The van der Waals surface area contributed by atoms with Crippen LogP contribution in [0.3, 0.4) is 0 Å². The fourth-order valence-corrected chi connectivity index (χ4v) is 3.44. The molecule has 0 atom stereocenters. The van der Waals surface area contributed by atoms with E-state index in [4.69, 9.17) is 14.9 Å². The van der Waals surface area contributed by atoms with Crippen LogP contribution in [0.15, 0.2) is 57.4 Å². The molecule has 0 spiro atoms. The number of fused-ring (bicyclic) bond motifs is 2. The maximum atomic E-state index is 5.89. The van der Waals surface area contributed by atoms with Crippen LogP contribution in [-0.2, 0) is 0 Å². The van der Waals surface area contributed by atoms with Gasteiger partial charge in [-0.15, -0.1) is 0 Å². The molecule has 3 aromatic carbocycles. The molecule has 1 heterocycles. The molecule has 0 saturated heterocycles. The Morgan fingerprint density at radius 3 is 2.78 bits per heavy atom. The molecule has 4 nitrogen and oxygen atoms in total. The Morgan fingerprint density at radius 2 is 1.96 bits per heavy atom. The predicted octanol–water partition coefficient (Wildman–Crippen LogP) is 5.00. The van der Waals surface area contributed by atoms with Crippen molar-refractivity contribution >= 4 is 43.5 Å². The van der Waals surface area contributed by atoms with Crippen LogP contribution in [0, 0.1) is 0 Å². The highest BCUT2D eigenvalue weighted by Crippen LogP contribution is 2.42. The molecule has 114 valence electrons. The third-order valence-corrected chi connectivity index (χ3v) is 4.57. The van der Waals surface area contributed by atoms with Crippen molar-refractivity contribution in [2.45, 2.75) is 0 Å². The number of hydrogen-bond acceptors (Lipinski definition) is 4. The van der Waals surface area contributed by atoms with Gasteiger partial charge in [0.1, 0.15) is 11.3 Å². The lowest BCUT2D eigenvalue weighted by atomic mass is 10.1. The van der Waals surface area contributed by atoms with E-state index in [1.807, 2.05) is 36.4 Å². The monoisotopic (exact) mass is 368 g/mol. The number of benzene rings is 3. The van der Waals surface area contributed by atoms with E-state index in [9.17, 15) is 0 Å². The van der Waals surface area contributed by atoms with Crippen LogP contribution < -0.4 is 10.5 Å². The van der Waals surface area contributed by atoms with Gasteiger partial charge in [0, 0.05) is 5.69 Å². The average Bonchev–Trinajstić information content (AvgIpc) is 2.97. The molecule has 0 bridgehead atoms. The SMILES string of the molecule is COc1c(-c2nc3cc(N)ccc3o2)cc2ccccc2c1Br. The lowest BCUT2D eigenvalue weighted by Gasteiger charge is -2.11. The number of hydrogen-bond donors (Lipinski definition) is 1. The fraction of sp³-hybridized carbons (Fsp3) is 0.0556. The van der Waals surface area contributed by atoms with E-state index in [0.29, 0.717) is 22.9 Å². The molecule has 4 rings (SSSR count). The third-order valence-electron chi connectivity index (χ3n) is 3.79. The van der Waals surface area contributed by atoms with Crippen molar-refractivity contribution in [1.82, 2.24) is 4.98 Å². The zero-order valence-electron chi connectivity index (χ0n) is 12.3. The lowest BCUT2D eigenvalue weighted by molar-refractivity contribution is 0.413. The average molecular weight is 369 g/mol. The van der Waals surface area contributed by atoms with E-state index < -0.39 is 0 Å². The Labute approximate surface area is 141 Å². The van der Waals surface area contributed by atoms with Crippen LogP contribution in [-0.4, -0.2) is 12.1 Å². The van der Waals surface area contributed by atoms with Gasteiger partial charge in [0.25, 0.3) is 0 Å². The quantitative estimate of drug-likeness (QED) is 0.505. The Bertz CT molecular complexity index is 1040. The molecule has 0 saturated carbocycles. The van der Waals surface area contributed by atoms with Crippen molar-refractivity contribution in [3.63, 3.8) is 0 Å². The van der Waals surface area contributed by atoms with Crippen LogP contribution in [0.2, 0.25) is 0 Å². The van der Waals surface area contributed by atoms with E-state index in [-0.39, 0.29) is 0 Å². The van der Waals surface area contributed by atoms with Crippen molar-refractivity contribution in [1.29, 1.82) is 0 Å². The van der Waals surface area contributed by atoms with Gasteiger partial charge in [-0.3, -0.25) is 0 Å². The van der Waals surface area contributed by atoms with E-state index in [2.05, 4.69) is 20.9 Å². The molecule has 1 aromatic heterocycles. The molecule has 0 aliphatic carbocycles. The number of nitrogens with two attached hydrogens (primary N) is 1. The number of ether oxygens (including phenoxy) is 1. The summed E-state index contributed by atoms with van der Waals surface area (Å²) in [5.41, 5.74) is 8.69. The molecule has 4 aromatic rings. The number of methoxy groups -OCH3 is 1. The standard InChI is InChI=1S/C18H13BrN2O2/c1-22-17-13(8-10-4-2-3-5-12(10)16(17)19)18-21-14-9-11(20)6-7-15(14)23-18/h2-9H,20H2,1H3. The summed E-state index contributed by atoms with van der Waals surface area (Å²) in [4.78, 5) is 4.55. The Kier molecular flexibility index (Phi) is 3.23. The molecule has 0 unspecified atom stereocenters. The van der Waals surface area contributed by atoms with Crippen LogP contribution in [0.25, 0.3) is 33.3 Å². The van der Waals surface area contributed by atoms with Crippen molar-refractivity contribution in [3.8, 4) is 17.2 Å². The van der Waals surface area contributed by atoms with Crippen molar-refractivity contribution in [2.75, 3.05) is 12.8 Å². The van der Waals surface area contributed by atoms with Crippen LogP contribution >= 0.6 is 15.9 Å². The summed E-state index contributed by atoms with van der Waals surface area (Å²) in [6.45, 7) is 0. The minimum atomic E-state index is 0.508. The topological polar surface area (TPSA) is 61.3 Å². The predicted molar refractivity (Wildman–Crippen MR) is 95.6 cm³/mol. The molecule has 2 N–H and O–H groups in total. The van der Waals surface area contributed by atoms with Crippen LogP contribution in [0.5, 0.6) is 5.75 Å². The highest BCUT2D eigenvalue weighted by atomic mass is 79.9. The van der Waals surface area contributed by atoms with Gasteiger partial charge in [-0.1, -0.05) is 24.3 Å². The summed E-state index contributed by atoms with van der Waals surface area (Å²) in [6.07, 6.45) is 0. The van der Waals surface area contributed by atoms with Crippen molar-refractivity contribution in [2.24, 2.45) is 0 Å². The second-order valence-corrected chi connectivity index (χ2v) is 6.03. The minimum Gasteiger partial charge on any atom is -0.495 e. The summed E-state index contributed by atoms with van der Waals surface area (Å²) in [5, 5.41) is 2.16. The second kappa shape index (κ2) is 5.28. The first-order valence-corrected chi connectivity index (χ1v) is 7.88. The smallest absolute Gasteiger partial charge is 0.231 e. The first kappa shape index (κ1) is 14.1. The number of halogens is 1. The maximum absolute atomic E-state index is 5.89. The number of nitrogen functional groups attached to an aromatic ring is 1. The van der Waals surface area contributed by atoms with Gasteiger partial charge in [-0.25, -0.2) is 4.98 Å². The molecular formula is C18H13BrN2O2. The van der Waals surface area contributed by atoms with Gasteiger partial charge in [0.2, 0.25) is 5.89 Å². The largest absolute Gasteiger partial charge is 0.495 e. The molecule has 0 amide bonds. The Balaban J connectivity index is 2.02. The van der Waals surface area contributed by atoms with E-state index in [1.54, 1.807) is 19.2 Å².